The molecule has 0 fully saturated rings. The lowest BCUT2D eigenvalue weighted by atomic mass is 10.1. The highest BCUT2D eigenvalue weighted by Gasteiger charge is 2.13. The van der Waals surface area contributed by atoms with Gasteiger partial charge in [0.05, 0.1) is 7.11 Å². The second-order valence-electron chi connectivity index (χ2n) is 3.09. The molecule has 0 atom stereocenters. The Morgan fingerprint density at radius 2 is 2.25 bits per heavy atom. The van der Waals surface area contributed by atoms with Crippen LogP contribution in [0.4, 0.5) is 4.39 Å². The summed E-state index contributed by atoms with van der Waals surface area (Å²) >= 11 is 0. The molecule has 0 spiro atoms. The number of H-pyrrole nitrogens is 1. The third-order valence-corrected chi connectivity index (χ3v) is 2.15. The molecule has 0 aliphatic rings. The number of aromatic nitrogens is 2. The van der Waals surface area contributed by atoms with Crippen molar-refractivity contribution >= 4 is 0 Å². The Kier molecular flexibility index (Phi) is 2.68. The van der Waals surface area contributed by atoms with Gasteiger partial charge in [0.2, 0.25) is 0 Å². The first-order valence-electron chi connectivity index (χ1n) is 4.60. The summed E-state index contributed by atoms with van der Waals surface area (Å²) in [5, 5.41) is 0. The number of rotatable bonds is 2. The van der Waals surface area contributed by atoms with Crippen molar-refractivity contribution in [2.45, 2.75) is 0 Å². The Labute approximate surface area is 90.7 Å². The Hall–Kier alpha value is -2.17. The predicted octanol–water partition coefficient (Wildman–Crippen LogP) is 1.58. The Morgan fingerprint density at radius 1 is 1.44 bits per heavy atom. The zero-order valence-corrected chi connectivity index (χ0v) is 8.53. The van der Waals surface area contributed by atoms with E-state index in [1.165, 1.54) is 31.6 Å². The van der Waals surface area contributed by atoms with Crippen LogP contribution in [-0.4, -0.2) is 17.1 Å². The number of nitrogens with zero attached hydrogens (tertiary/aromatic N) is 1. The van der Waals surface area contributed by atoms with E-state index < -0.39 is 11.4 Å². The zero-order chi connectivity index (χ0) is 11.5. The molecule has 0 amide bonds. The molecular formula is C11H9FN2O2. The number of halogens is 1. The molecule has 0 saturated carbocycles. The summed E-state index contributed by atoms with van der Waals surface area (Å²) in [4.78, 5) is 17.7. The van der Waals surface area contributed by atoms with Crippen molar-refractivity contribution in [3.63, 3.8) is 0 Å². The first-order chi connectivity index (χ1) is 7.74. The minimum Gasteiger partial charge on any atom is -0.494 e. The smallest absolute Gasteiger partial charge is 0.274 e. The molecular weight excluding hydrogens is 211 g/mol. The van der Waals surface area contributed by atoms with Crippen molar-refractivity contribution in [2.75, 3.05) is 7.11 Å². The fourth-order valence-corrected chi connectivity index (χ4v) is 1.39. The summed E-state index contributed by atoms with van der Waals surface area (Å²) in [5.74, 6) is -0.503. The monoisotopic (exact) mass is 220 g/mol. The quantitative estimate of drug-likeness (QED) is 0.836. The molecule has 0 aliphatic carbocycles. The molecule has 0 radical (unpaired) electrons. The van der Waals surface area contributed by atoms with Gasteiger partial charge in [-0.2, -0.15) is 0 Å². The molecule has 4 nitrogen and oxygen atoms in total. The predicted molar refractivity (Wildman–Crippen MR) is 56.8 cm³/mol. The summed E-state index contributed by atoms with van der Waals surface area (Å²) < 4.78 is 18.7. The van der Waals surface area contributed by atoms with Gasteiger partial charge in [-0.15, -0.1) is 0 Å². The van der Waals surface area contributed by atoms with Gasteiger partial charge >= 0.3 is 0 Å². The van der Waals surface area contributed by atoms with Gasteiger partial charge in [0.1, 0.15) is 5.69 Å². The van der Waals surface area contributed by atoms with Crippen LogP contribution in [0.15, 0.2) is 35.4 Å². The second-order valence-corrected chi connectivity index (χ2v) is 3.09. The molecule has 1 heterocycles. The summed E-state index contributed by atoms with van der Waals surface area (Å²) in [5.41, 5.74) is -0.269. The molecule has 2 rings (SSSR count). The number of nitrogens with one attached hydrogen (secondary N) is 1. The molecule has 0 saturated heterocycles. The highest BCUT2D eigenvalue weighted by Crippen LogP contribution is 2.25. The summed E-state index contributed by atoms with van der Waals surface area (Å²) in [6, 6.07) is 4.57. The molecule has 1 aromatic carbocycles. The molecule has 1 N–H and O–H groups in total. The number of benzene rings is 1. The van der Waals surface area contributed by atoms with Gasteiger partial charge in [-0.05, 0) is 12.1 Å². The topological polar surface area (TPSA) is 55.0 Å². The minimum absolute atomic E-state index is 0.0406. The van der Waals surface area contributed by atoms with E-state index in [0.29, 0.717) is 0 Å². The van der Waals surface area contributed by atoms with Gasteiger partial charge in [0.15, 0.2) is 11.6 Å². The highest BCUT2D eigenvalue weighted by atomic mass is 19.1. The van der Waals surface area contributed by atoms with E-state index in [0.717, 1.165) is 0 Å². The van der Waals surface area contributed by atoms with Crippen molar-refractivity contribution in [1.82, 2.24) is 9.97 Å². The largest absolute Gasteiger partial charge is 0.494 e. The fraction of sp³-hybridized carbons (Fsp3) is 0.0909. The van der Waals surface area contributed by atoms with Gasteiger partial charge in [0, 0.05) is 18.0 Å². The first kappa shape index (κ1) is 10.4. The normalized spacial score (nSPS) is 10.1. The SMILES string of the molecule is COc1cccc(-c2ncc[nH]c2=O)c1F. The van der Waals surface area contributed by atoms with Crippen molar-refractivity contribution < 1.29 is 9.13 Å². The minimum atomic E-state index is -0.589. The maximum Gasteiger partial charge on any atom is 0.274 e. The number of aromatic amines is 1. The molecule has 0 aliphatic heterocycles. The highest BCUT2D eigenvalue weighted by molar-refractivity contribution is 5.61. The molecule has 82 valence electrons. The molecule has 0 unspecified atom stereocenters. The summed E-state index contributed by atoms with van der Waals surface area (Å²) in [6.07, 6.45) is 2.79. The third-order valence-electron chi connectivity index (χ3n) is 2.15. The van der Waals surface area contributed by atoms with Gasteiger partial charge in [-0.25, -0.2) is 9.37 Å². The van der Waals surface area contributed by atoms with E-state index in [2.05, 4.69) is 9.97 Å². The standard InChI is InChI=1S/C11H9FN2O2/c1-16-8-4-2-3-7(9(8)12)10-11(15)14-6-5-13-10/h2-6H,1H3,(H,14,15). The van der Waals surface area contributed by atoms with Crippen LogP contribution in [0.25, 0.3) is 11.3 Å². The Balaban J connectivity index is 2.66. The van der Waals surface area contributed by atoms with Crippen LogP contribution in [-0.2, 0) is 0 Å². The summed E-state index contributed by atoms with van der Waals surface area (Å²) in [7, 11) is 1.37. The van der Waals surface area contributed by atoms with Crippen molar-refractivity contribution in [1.29, 1.82) is 0 Å². The number of ether oxygens (including phenoxy) is 1. The van der Waals surface area contributed by atoms with Crippen LogP contribution in [0.3, 0.4) is 0 Å². The van der Waals surface area contributed by atoms with Crippen LogP contribution in [0.1, 0.15) is 0 Å². The maximum absolute atomic E-state index is 13.8. The molecule has 5 heteroatoms. The number of methoxy groups -OCH3 is 1. The molecule has 1 aromatic heterocycles. The van der Waals surface area contributed by atoms with Gasteiger partial charge < -0.3 is 9.72 Å². The maximum atomic E-state index is 13.8. The molecule has 16 heavy (non-hydrogen) atoms. The lowest BCUT2D eigenvalue weighted by molar-refractivity contribution is 0.387. The van der Waals surface area contributed by atoms with E-state index in [1.54, 1.807) is 6.07 Å². The fourth-order valence-electron chi connectivity index (χ4n) is 1.39. The van der Waals surface area contributed by atoms with E-state index in [9.17, 15) is 9.18 Å². The third kappa shape index (κ3) is 1.67. The van der Waals surface area contributed by atoms with Gasteiger partial charge in [0.25, 0.3) is 5.56 Å². The average molecular weight is 220 g/mol. The van der Waals surface area contributed by atoms with E-state index in [4.69, 9.17) is 4.74 Å². The van der Waals surface area contributed by atoms with Crippen molar-refractivity contribution in [2.24, 2.45) is 0 Å². The van der Waals surface area contributed by atoms with Crippen molar-refractivity contribution in [3.8, 4) is 17.0 Å². The Morgan fingerprint density at radius 3 is 2.94 bits per heavy atom. The second kappa shape index (κ2) is 4.14. The molecule has 0 bridgehead atoms. The van der Waals surface area contributed by atoms with Gasteiger partial charge in [-0.1, -0.05) is 6.07 Å². The van der Waals surface area contributed by atoms with Crippen LogP contribution in [0.5, 0.6) is 5.75 Å². The van der Waals surface area contributed by atoms with Crippen LogP contribution in [0, 0.1) is 5.82 Å². The zero-order valence-electron chi connectivity index (χ0n) is 8.53. The lowest BCUT2D eigenvalue weighted by Gasteiger charge is -2.05. The van der Waals surface area contributed by atoms with E-state index in [-0.39, 0.29) is 17.0 Å². The summed E-state index contributed by atoms with van der Waals surface area (Å²) in [6.45, 7) is 0. The lowest BCUT2D eigenvalue weighted by Crippen LogP contribution is -2.10. The number of hydrogen-bond acceptors (Lipinski definition) is 3. The first-order valence-corrected chi connectivity index (χ1v) is 4.60. The van der Waals surface area contributed by atoms with Crippen LogP contribution >= 0.6 is 0 Å². The van der Waals surface area contributed by atoms with Crippen LogP contribution < -0.4 is 10.3 Å². The van der Waals surface area contributed by atoms with E-state index in [1.807, 2.05) is 0 Å². The number of hydrogen-bond donors (Lipinski definition) is 1. The van der Waals surface area contributed by atoms with Crippen molar-refractivity contribution in [3.05, 3.63) is 46.8 Å². The van der Waals surface area contributed by atoms with E-state index >= 15 is 0 Å². The molecule has 2 aromatic rings. The average Bonchev–Trinajstić information content (AvgIpc) is 2.31. The van der Waals surface area contributed by atoms with Gasteiger partial charge in [-0.3, -0.25) is 4.79 Å². The Bertz CT molecular complexity index is 566. The van der Waals surface area contributed by atoms with Crippen LogP contribution in [0.2, 0.25) is 0 Å².